The highest BCUT2D eigenvalue weighted by Gasteiger charge is 2.31. The van der Waals surface area contributed by atoms with E-state index >= 15 is 0 Å². The van der Waals surface area contributed by atoms with Crippen LogP contribution >= 0.6 is 11.6 Å². The maximum atomic E-state index is 12.4. The van der Waals surface area contributed by atoms with Crippen LogP contribution in [0.1, 0.15) is 51.3 Å². The Balaban J connectivity index is 2.32. The van der Waals surface area contributed by atoms with E-state index in [-0.39, 0.29) is 17.9 Å². The quantitative estimate of drug-likeness (QED) is 0.836. The van der Waals surface area contributed by atoms with E-state index in [9.17, 15) is 4.79 Å². The van der Waals surface area contributed by atoms with Crippen LogP contribution < -0.4 is 0 Å². The number of likely N-dealkylation sites (tertiary alicyclic amines) is 1. The highest BCUT2D eigenvalue weighted by Crippen LogP contribution is 2.33. The fourth-order valence-electron chi connectivity index (χ4n) is 2.69. The van der Waals surface area contributed by atoms with Gasteiger partial charge in [0.25, 0.3) is 0 Å². The second-order valence-corrected chi connectivity index (χ2v) is 5.99. The monoisotopic (exact) mass is 283 g/mol. The molecule has 0 spiro atoms. The second kappa shape index (κ2) is 5.95. The average Bonchev–Trinajstić information content (AvgIpc) is 2.57. The van der Waals surface area contributed by atoms with Crippen LogP contribution in [0.15, 0.2) is 6.20 Å². The van der Waals surface area contributed by atoms with Gasteiger partial charge in [-0.15, -0.1) is 0 Å². The van der Waals surface area contributed by atoms with Crippen LogP contribution in [-0.2, 0) is 11.8 Å². The normalized spacial score (nSPS) is 20.7. The van der Waals surface area contributed by atoms with Gasteiger partial charge >= 0.3 is 0 Å². The first-order chi connectivity index (χ1) is 9.00. The van der Waals surface area contributed by atoms with E-state index in [1.165, 1.54) is 6.42 Å². The number of aryl methyl sites for hydroxylation is 1. The van der Waals surface area contributed by atoms with E-state index in [1.54, 1.807) is 10.9 Å². The Morgan fingerprint density at radius 3 is 2.74 bits per heavy atom. The predicted molar refractivity (Wildman–Crippen MR) is 76.0 cm³/mol. The Hall–Kier alpha value is -1.03. The molecule has 1 unspecified atom stereocenters. The van der Waals surface area contributed by atoms with Gasteiger partial charge < -0.3 is 4.90 Å². The lowest BCUT2D eigenvalue weighted by atomic mass is 10.0. The van der Waals surface area contributed by atoms with Crippen molar-refractivity contribution in [2.75, 3.05) is 6.54 Å². The van der Waals surface area contributed by atoms with Gasteiger partial charge in [-0.3, -0.25) is 9.48 Å². The molecule has 5 heteroatoms. The van der Waals surface area contributed by atoms with Gasteiger partial charge in [0.1, 0.15) is 5.69 Å². The van der Waals surface area contributed by atoms with Gasteiger partial charge in [-0.05, 0) is 12.8 Å². The molecule has 0 aliphatic carbocycles. The minimum atomic E-state index is 0.0167. The lowest BCUT2D eigenvalue weighted by molar-refractivity contribution is -0.137. The van der Waals surface area contributed by atoms with E-state index in [0.717, 1.165) is 31.5 Å². The molecule has 1 aromatic rings. The molecule has 2 rings (SSSR count). The summed E-state index contributed by atoms with van der Waals surface area (Å²) < 4.78 is 1.72. The number of rotatable bonds is 2. The van der Waals surface area contributed by atoms with Crippen molar-refractivity contribution in [3.8, 4) is 0 Å². The number of hydrogen-bond donors (Lipinski definition) is 0. The van der Waals surface area contributed by atoms with Crippen LogP contribution in [0.5, 0.6) is 0 Å². The number of hydrogen-bond acceptors (Lipinski definition) is 2. The third-order valence-corrected chi connectivity index (χ3v) is 3.95. The van der Waals surface area contributed by atoms with E-state index in [0.29, 0.717) is 5.02 Å². The van der Waals surface area contributed by atoms with Crippen molar-refractivity contribution in [2.24, 2.45) is 13.0 Å². The van der Waals surface area contributed by atoms with Crippen molar-refractivity contribution in [3.05, 3.63) is 16.9 Å². The lowest BCUT2D eigenvalue weighted by Gasteiger charge is -2.30. The number of nitrogens with zero attached hydrogens (tertiary/aromatic N) is 3. The highest BCUT2D eigenvalue weighted by molar-refractivity contribution is 6.31. The summed E-state index contributed by atoms with van der Waals surface area (Å²) in [7, 11) is 1.86. The predicted octanol–water partition coefficient (Wildman–Crippen LogP) is 3.17. The third-order valence-electron chi connectivity index (χ3n) is 3.66. The van der Waals surface area contributed by atoms with Crippen LogP contribution in [0.25, 0.3) is 0 Å². The minimum Gasteiger partial charge on any atom is -0.334 e. The topological polar surface area (TPSA) is 38.1 Å². The molecule has 0 N–H and O–H groups in total. The number of carbonyl (C=O) groups excluding carboxylic acids is 1. The van der Waals surface area contributed by atoms with Crippen LogP contribution in [0.4, 0.5) is 0 Å². The summed E-state index contributed by atoms with van der Waals surface area (Å²) in [5, 5.41) is 5.12. The highest BCUT2D eigenvalue weighted by atomic mass is 35.5. The molecule has 1 fully saturated rings. The van der Waals surface area contributed by atoms with E-state index in [2.05, 4.69) is 5.10 Å². The molecule has 0 saturated carbocycles. The molecule has 2 heterocycles. The lowest BCUT2D eigenvalue weighted by Crippen LogP contribution is -2.37. The summed E-state index contributed by atoms with van der Waals surface area (Å²) in [6.07, 6.45) is 6.12. The van der Waals surface area contributed by atoms with Gasteiger partial charge in [0.15, 0.2) is 0 Å². The summed E-state index contributed by atoms with van der Waals surface area (Å²) >= 11 is 6.26. The molecule has 0 bridgehead atoms. The van der Waals surface area contributed by atoms with Crippen molar-refractivity contribution in [1.82, 2.24) is 14.7 Å². The number of amides is 1. The molecule has 4 nitrogen and oxygen atoms in total. The molecule has 19 heavy (non-hydrogen) atoms. The Bertz CT molecular complexity index is 456. The smallest absolute Gasteiger partial charge is 0.225 e. The Kier molecular flexibility index (Phi) is 4.50. The van der Waals surface area contributed by atoms with Crippen LogP contribution in [-0.4, -0.2) is 27.1 Å². The fraction of sp³-hybridized carbons (Fsp3) is 0.714. The SMILES string of the molecule is CC(C)C(=O)N1CCCCCC1c1nn(C)cc1Cl. The van der Waals surface area contributed by atoms with Gasteiger partial charge in [-0.2, -0.15) is 5.10 Å². The molecule has 1 amide bonds. The van der Waals surface area contributed by atoms with Crippen molar-refractivity contribution in [1.29, 1.82) is 0 Å². The van der Waals surface area contributed by atoms with Crippen LogP contribution in [0.3, 0.4) is 0 Å². The molecule has 0 radical (unpaired) electrons. The van der Waals surface area contributed by atoms with E-state index < -0.39 is 0 Å². The van der Waals surface area contributed by atoms with Crippen LogP contribution in [0.2, 0.25) is 5.02 Å². The van der Waals surface area contributed by atoms with Gasteiger partial charge in [-0.25, -0.2) is 0 Å². The molecular formula is C14H22ClN3O. The molecular weight excluding hydrogens is 262 g/mol. The molecule has 1 atom stereocenters. The zero-order chi connectivity index (χ0) is 14.0. The first kappa shape index (κ1) is 14.4. The van der Waals surface area contributed by atoms with Gasteiger partial charge in [-0.1, -0.05) is 38.3 Å². The first-order valence-electron chi connectivity index (χ1n) is 7.00. The van der Waals surface area contributed by atoms with Crippen LogP contribution in [0, 0.1) is 5.92 Å². The molecule has 1 aliphatic heterocycles. The Labute approximate surface area is 119 Å². The Morgan fingerprint density at radius 1 is 1.42 bits per heavy atom. The number of halogens is 1. The summed E-state index contributed by atoms with van der Waals surface area (Å²) in [6.45, 7) is 4.71. The average molecular weight is 284 g/mol. The first-order valence-corrected chi connectivity index (χ1v) is 7.38. The number of carbonyl (C=O) groups is 1. The second-order valence-electron chi connectivity index (χ2n) is 5.59. The maximum Gasteiger partial charge on any atom is 0.225 e. The standard InChI is InChI=1S/C14H22ClN3O/c1-10(2)14(19)18-8-6-4-5-7-12(18)13-11(15)9-17(3)16-13/h9-10,12H,4-8H2,1-3H3. The van der Waals surface area contributed by atoms with E-state index in [1.807, 2.05) is 25.8 Å². The van der Waals surface area contributed by atoms with Crippen molar-refractivity contribution in [2.45, 2.75) is 45.6 Å². The summed E-state index contributed by atoms with van der Waals surface area (Å²) in [5.74, 6) is 0.219. The zero-order valence-corrected chi connectivity index (χ0v) is 12.7. The van der Waals surface area contributed by atoms with Gasteiger partial charge in [0.2, 0.25) is 5.91 Å². The Morgan fingerprint density at radius 2 is 2.16 bits per heavy atom. The van der Waals surface area contributed by atoms with Crippen molar-refractivity contribution in [3.63, 3.8) is 0 Å². The van der Waals surface area contributed by atoms with Gasteiger partial charge in [0.05, 0.1) is 11.1 Å². The third kappa shape index (κ3) is 3.11. The van der Waals surface area contributed by atoms with Crippen molar-refractivity contribution < 1.29 is 4.79 Å². The summed E-state index contributed by atoms with van der Waals surface area (Å²) in [6, 6.07) is 0.0334. The summed E-state index contributed by atoms with van der Waals surface area (Å²) in [5.41, 5.74) is 0.847. The molecule has 106 valence electrons. The fourth-order valence-corrected chi connectivity index (χ4v) is 3.00. The van der Waals surface area contributed by atoms with Crippen molar-refractivity contribution >= 4 is 17.5 Å². The van der Waals surface area contributed by atoms with Gasteiger partial charge in [0, 0.05) is 25.7 Å². The largest absolute Gasteiger partial charge is 0.334 e. The maximum absolute atomic E-state index is 12.4. The molecule has 0 aromatic carbocycles. The molecule has 1 aliphatic rings. The minimum absolute atomic E-state index is 0.0167. The number of aromatic nitrogens is 2. The zero-order valence-electron chi connectivity index (χ0n) is 11.9. The molecule has 1 aromatic heterocycles. The summed E-state index contributed by atoms with van der Waals surface area (Å²) in [4.78, 5) is 14.4. The molecule has 1 saturated heterocycles. The van der Waals surface area contributed by atoms with E-state index in [4.69, 9.17) is 11.6 Å².